The molecule has 0 amide bonds. The quantitative estimate of drug-likeness (QED) is 0.661. The molecule has 2 N–H and O–H groups in total. The van der Waals surface area contributed by atoms with Crippen LogP contribution in [0, 0.1) is 11.8 Å². The Morgan fingerprint density at radius 2 is 1.63 bits per heavy atom. The Hall–Kier alpha value is -2.60. The molecule has 19 heavy (non-hydrogen) atoms. The van der Waals surface area contributed by atoms with Crippen molar-refractivity contribution in [3.63, 3.8) is 0 Å². The first kappa shape index (κ1) is 12.8. The summed E-state index contributed by atoms with van der Waals surface area (Å²) in [5, 5.41) is 0. The molecule has 0 radical (unpaired) electrons. The van der Waals surface area contributed by atoms with Crippen molar-refractivity contribution in [2.24, 2.45) is 0 Å². The lowest BCUT2D eigenvalue weighted by atomic mass is 10.1. The Morgan fingerprint density at radius 1 is 0.895 bits per heavy atom. The molecule has 0 aliphatic carbocycles. The molecule has 0 atom stereocenters. The molecular formula is C16H15NO2. The van der Waals surface area contributed by atoms with Crippen molar-refractivity contribution in [3.8, 4) is 23.3 Å². The zero-order valence-corrected chi connectivity index (χ0v) is 10.9. The van der Waals surface area contributed by atoms with Gasteiger partial charge in [0.1, 0.15) is 11.5 Å². The van der Waals surface area contributed by atoms with E-state index < -0.39 is 0 Å². The van der Waals surface area contributed by atoms with Crippen LogP contribution in [-0.2, 0) is 0 Å². The molecule has 0 aliphatic rings. The smallest absolute Gasteiger partial charge is 0.138 e. The second-order valence-corrected chi connectivity index (χ2v) is 3.90. The van der Waals surface area contributed by atoms with Gasteiger partial charge in [-0.2, -0.15) is 0 Å². The van der Waals surface area contributed by atoms with Gasteiger partial charge in [0.25, 0.3) is 0 Å². The maximum absolute atomic E-state index is 5.85. The number of rotatable bonds is 2. The van der Waals surface area contributed by atoms with Crippen molar-refractivity contribution in [2.45, 2.75) is 0 Å². The van der Waals surface area contributed by atoms with E-state index >= 15 is 0 Å². The van der Waals surface area contributed by atoms with Gasteiger partial charge in [0.15, 0.2) is 0 Å². The number of benzene rings is 2. The largest absolute Gasteiger partial charge is 0.497 e. The monoisotopic (exact) mass is 253 g/mol. The van der Waals surface area contributed by atoms with Gasteiger partial charge in [-0.1, -0.05) is 24.0 Å². The Labute approximate surface area is 113 Å². The molecule has 0 unspecified atom stereocenters. The highest BCUT2D eigenvalue weighted by atomic mass is 16.5. The molecule has 0 saturated carbocycles. The molecule has 0 aromatic heterocycles. The SMILES string of the molecule is COc1ccc(C#Cc2ccccc2N)c(OC)c1. The van der Waals surface area contributed by atoms with Crippen LogP contribution in [0.3, 0.4) is 0 Å². The minimum absolute atomic E-state index is 0.669. The van der Waals surface area contributed by atoms with Crippen molar-refractivity contribution >= 4 is 5.69 Å². The van der Waals surface area contributed by atoms with E-state index in [1.165, 1.54) is 0 Å². The van der Waals surface area contributed by atoms with Gasteiger partial charge in [-0.25, -0.2) is 0 Å². The van der Waals surface area contributed by atoms with E-state index in [4.69, 9.17) is 15.2 Å². The zero-order valence-electron chi connectivity index (χ0n) is 10.9. The number of para-hydroxylation sites is 1. The van der Waals surface area contributed by atoms with Gasteiger partial charge in [0.2, 0.25) is 0 Å². The third kappa shape index (κ3) is 2.99. The molecule has 3 nitrogen and oxygen atoms in total. The molecule has 2 aromatic rings. The number of nitrogen functional groups attached to an aromatic ring is 1. The topological polar surface area (TPSA) is 44.5 Å². The molecule has 0 aliphatic heterocycles. The lowest BCUT2D eigenvalue weighted by Gasteiger charge is -2.05. The van der Waals surface area contributed by atoms with E-state index in [1.807, 2.05) is 36.4 Å². The normalized spacial score (nSPS) is 9.37. The highest BCUT2D eigenvalue weighted by Crippen LogP contribution is 2.23. The summed E-state index contributed by atoms with van der Waals surface area (Å²) in [7, 11) is 3.22. The van der Waals surface area contributed by atoms with Crippen LogP contribution in [-0.4, -0.2) is 14.2 Å². The summed E-state index contributed by atoms with van der Waals surface area (Å²) in [4.78, 5) is 0. The van der Waals surface area contributed by atoms with Crippen LogP contribution in [0.4, 0.5) is 5.69 Å². The van der Waals surface area contributed by atoms with Crippen molar-refractivity contribution in [1.29, 1.82) is 0 Å². The average Bonchev–Trinajstić information content (AvgIpc) is 2.46. The minimum Gasteiger partial charge on any atom is -0.497 e. The lowest BCUT2D eigenvalue weighted by molar-refractivity contribution is 0.393. The number of ether oxygens (including phenoxy) is 2. The number of hydrogen-bond acceptors (Lipinski definition) is 3. The highest BCUT2D eigenvalue weighted by Gasteiger charge is 2.02. The molecule has 96 valence electrons. The van der Waals surface area contributed by atoms with E-state index in [0.717, 1.165) is 16.9 Å². The molecule has 0 heterocycles. The van der Waals surface area contributed by atoms with Gasteiger partial charge in [0.05, 0.1) is 19.8 Å². The van der Waals surface area contributed by atoms with E-state index in [0.29, 0.717) is 11.4 Å². The van der Waals surface area contributed by atoms with Crippen LogP contribution in [0.15, 0.2) is 42.5 Å². The third-order valence-corrected chi connectivity index (χ3v) is 2.70. The number of anilines is 1. The van der Waals surface area contributed by atoms with Crippen molar-refractivity contribution in [1.82, 2.24) is 0 Å². The Kier molecular flexibility index (Phi) is 3.94. The molecular weight excluding hydrogens is 238 g/mol. The summed E-state index contributed by atoms with van der Waals surface area (Å²) in [5.41, 5.74) is 8.12. The number of nitrogens with two attached hydrogens (primary N) is 1. The lowest BCUT2D eigenvalue weighted by Crippen LogP contribution is -1.91. The molecule has 2 rings (SSSR count). The molecule has 2 aromatic carbocycles. The predicted octanol–water partition coefficient (Wildman–Crippen LogP) is 2.69. The Bertz CT molecular complexity index is 639. The Morgan fingerprint density at radius 3 is 2.32 bits per heavy atom. The predicted molar refractivity (Wildman–Crippen MR) is 76.4 cm³/mol. The first-order valence-electron chi connectivity index (χ1n) is 5.83. The fraction of sp³-hybridized carbons (Fsp3) is 0.125. The van der Waals surface area contributed by atoms with E-state index in [1.54, 1.807) is 20.3 Å². The van der Waals surface area contributed by atoms with Gasteiger partial charge in [-0.15, -0.1) is 0 Å². The molecule has 0 fully saturated rings. The highest BCUT2D eigenvalue weighted by molar-refractivity contribution is 5.59. The fourth-order valence-corrected chi connectivity index (χ4v) is 1.65. The summed E-state index contributed by atoms with van der Waals surface area (Å²) in [5.74, 6) is 7.53. The van der Waals surface area contributed by atoms with Gasteiger partial charge >= 0.3 is 0 Å². The van der Waals surface area contributed by atoms with E-state index in [-0.39, 0.29) is 0 Å². The number of hydrogen-bond donors (Lipinski definition) is 1. The van der Waals surface area contributed by atoms with Gasteiger partial charge in [-0.3, -0.25) is 0 Å². The van der Waals surface area contributed by atoms with Crippen LogP contribution < -0.4 is 15.2 Å². The van der Waals surface area contributed by atoms with Crippen molar-refractivity contribution in [2.75, 3.05) is 20.0 Å². The van der Waals surface area contributed by atoms with E-state index in [2.05, 4.69) is 11.8 Å². The minimum atomic E-state index is 0.669. The molecule has 0 bridgehead atoms. The first-order chi connectivity index (χ1) is 9.24. The van der Waals surface area contributed by atoms with Gasteiger partial charge < -0.3 is 15.2 Å². The second-order valence-electron chi connectivity index (χ2n) is 3.90. The second kappa shape index (κ2) is 5.83. The van der Waals surface area contributed by atoms with Crippen LogP contribution in [0.25, 0.3) is 0 Å². The molecule has 0 saturated heterocycles. The zero-order chi connectivity index (χ0) is 13.7. The maximum atomic E-state index is 5.85. The summed E-state index contributed by atoms with van der Waals surface area (Å²) in [6, 6.07) is 13.0. The standard InChI is InChI=1S/C16H15NO2/c1-18-14-10-9-13(16(11-14)19-2)8-7-12-5-3-4-6-15(12)17/h3-6,9-11H,17H2,1-2H3. The summed E-state index contributed by atoms with van der Waals surface area (Å²) >= 11 is 0. The van der Waals surface area contributed by atoms with Gasteiger partial charge in [-0.05, 0) is 24.3 Å². The third-order valence-electron chi connectivity index (χ3n) is 2.70. The van der Waals surface area contributed by atoms with Crippen LogP contribution in [0.2, 0.25) is 0 Å². The van der Waals surface area contributed by atoms with Crippen molar-refractivity contribution < 1.29 is 9.47 Å². The van der Waals surface area contributed by atoms with Crippen molar-refractivity contribution in [3.05, 3.63) is 53.6 Å². The molecule has 3 heteroatoms. The summed E-state index contributed by atoms with van der Waals surface area (Å²) in [6.45, 7) is 0. The summed E-state index contributed by atoms with van der Waals surface area (Å²) in [6.07, 6.45) is 0. The molecule has 0 spiro atoms. The number of methoxy groups -OCH3 is 2. The summed E-state index contributed by atoms with van der Waals surface area (Å²) < 4.78 is 10.4. The first-order valence-corrected chi connectivity index (χ1v) is 5.83. The van der Waals surface area contributed by atoms with Crippen LogP contribution in [0.5, 0.6) is 11.5 Å². The Balaban J connectivity index is 2.37. The average molecular weight is 253 g/mol. The maximum Gasteiger partial charge on any atom is 0.138 e. The van der Waals surface area contributed by atoms with Crippen LogP contribution >= 0.6 is 0 Å². The van der Waals surface area contributed by atoms with Crippen LogP contribution in [0.1, 0.15) is 11.1 Å². The fourth-order valence-electron chi connectivity index (χ4n) is 1.65. The van der Waals surface area contributed by atoms with E-state index in [9.17, 15) is 0 Å². The van der Waals surface area contributed by atoms with Gasteiger partial charge in [0, 0.05) is 17.3 Å².